The van der Waals surface area contributed by atoms with Gasteiger partial charge in [0.15, 0.2) is 5.13 Å². The van der Waals surface area contributed by atoms with Crippen molar-refractivity contribution in [2.45, 2.75) is 19.3 Å². The van der Waals surface area contributed by atoms with Gasteiger partial charge in [-0.25, -0.2) is 4.98 Å². The Morgan fingerprint density at radius 2 is 2.14 bits per heavy atom. The molecule has 0 bridgehead atoms. The molecule has 0 unspecified atom stereocenters. The normalized spacial score (nSPS) is 10.2. The van der Waals surface area contributed by atoms with Crippen LogP contribution in [-0.4, -0.2) is 31.1 Å². The smallest absolute Gasteiger partial charge is 0.220 e. The molecule has 2 aromatic rings. The van der Waals surface area contributed by atoms with E-state index in [1.807, 2.05) is 42.8 Å². The molecule has 5 nitrogen and oxygen atoms in total. The zero-order chi connectivity index (χ0) is 15.6. The minimum absolute atomic E-state index is 0.0562. The number of carbonyl (C=O) groups is 1. The molecule has 2 rings (SSSR count). The number of hydrogen-bond donors (Lipinski definition) is 2. The van der Waals surface area contributed by atoms with E-state index in [0.29, 0.717) is 26.0 Å². The van der Waals surface area contributed by atoms with Gasteiger partial charge in [0, 0.05) is 31.8 Å². The van der Waals surface area contributed by atoms with E-state index >= 15 is 0 Å². The van der Waals surface area contributed by atoms with Crippen molar-refractivity contribution in [3.05, 3.63) is 41.4 Å². The van der Waals surface area contributed by atoms with Gasteiger partial charge in [0.1, 0.15) is 5.75 Å². The van der Waals surface area contributed by atoms with Crippen LogP contribution < -0.4 is 15.4 Å². The lowest BCUT2D eigenvalue weighted by Crippen LogP contribution is -2.25. The van der Waals surface area contributed by atoms with Crippen LogP contribution in [0.4, 0.5) is 5.13 Å². The Morgan fingerprint density at radius 3 is 2.86 bits per heavy atom. The zero-order valence-corrected chi connectivity index (χ0v) is 13.5. The van der Waals surface area contributed by atoms with Gasteiger partial charge in [0.2, 0.25) is 5.91 Å². The number of carbonyl (C=O) groups excluding carboxylic acids is 1. The van der Waals surface area contributed by atoms with Gasteiger partial charge in [-0.05, 0) is 18.6 Å². The molecule has 1 aromatic heterocycles. The van der Waals surface area contributed by atoms with Crippen molar-refractivity contribution in [2.75, 3.05) is 25.5 Å². The number of aromatic nitrogens is 1. The number of thiazole rings is 1. The van der Waals surface area contributed by atoms with Crippen molar-refractivity contribution in [3.8, 4) is 5.75 Å². The standard InChI is InChI=1S/C16H21N3O2S/c1-17-16-19-13(12-22-16)9-10-18-15(20)8-5-11-21-14-6-3-2-4-7-14/h2-4,6-7,12H,5,8-11H2,1H3,(H,17,19)(H,18,20). The lowest BCUT2D eigenvalue weighted by molar-refractivity contribution is -0.121. The van der Waals surface area contributed by atoms with E-state index in [0.717, 1.165) is 23.0 Å². The number of rotatable bonds is 9. The third kappa shape index (κ3) is 5.73. The molecule has 0 fully saturated rings. The van der Waals surface area contributed by atoms with E-state index in [9.17, 15) is 4.79 Å². The first-order valence-corrected chi connectivity index (χ1v) is 8.22. The highest BCUT2D eigenvalue weighted by Crippen LogP contribution is 2.14. The summed E-state index contributed by atoms with van der Waals surface area (Å²) >= 11 is 1.57. The first-order chi connectivity index (χ1) is 10.8. The highest BCUT2D eigenvalue weighted by atomic mass is 32.1. The monoisotopic (exact) mass is 319 g/mol. The fourth-order valence-electron chi connectivity index (χ4n) is 1.89. The Kier molecular flexibility index (Phi) is 6.70. The topological polar surface area (TPSA) is 63.2 Å². The Labute approximate surface area is 134 Å². The van der Waals surface area contributed by atoms with Crippen LogP contribution in [0.2, 0.25) is 0 Å². The first-order valence-electron chi connectivity index (χ1n) is 7.34. The van der Waals surface area contributed by atoms with Crippen LogP contribution in [0.1, 0.15) is 18.5 Å². The minimum atomic E-state index is 0.0562. The van der Waals surface area contributed by atoms with Crippen LogP contribution in [0.25, 0.3) is 0 Å². The molecule has 0 saturated heterocycles. The molecular formula is C16H21N3O2S. The van der Waals surface area contributed by atoms with E-state index in [1.165, 1.54) is 0 Å². The van der Waals surface area contributed by atoms with Gasteiger partial charge >= 0.3 is 0 Å². The van der Waals surface area contributed by atoms with Gasteiger partial charge in [-0.2, -0.15) is 0 Å². The van der Waals surface area contributed by atoms with E-state index in [-0.39, 0.29) is 5.91 Å². The van der Waals surface area contributed by atoms with Gasteiger partial charge in [-0.1, -0.05) is 18.2 Å². The summed E-state index contributed by atoms with van der Waals surface area (Å²) in [6, 6.07) is 9.63. The maximum absolute atomic E-state index is 11.7. The van der Waals surface area contributed by atoms with Crippen LogP contribution in [0.15, 0.2) is 35.7 Å². The lowest BCUT2D eigenvalue weighted by atomic mass is 10.3. The molecule has 0 radical (unpaired) electrons. The number of hydrogen-bond acceptors (Lipinski definition) is 5. The molecule has 2 N–H and O–H groups in total. The molecular weight excluding hydrogens is 298 g/mol. The summed E-state index contributed by atoms with van der Waals surface area (Å²) in [6.45, 7) is 1.17. The molecule has 6 heteroatoms. The Morgan fingerprint density at radius 1 is 1.32 bits per heavy atom. The molecule has 0 saturated carbocycles. The summed E-state index contributed by atoms with van der Waals surface area (Å²) < 4.78 is 5.55. The molecule has 0 aliphatic rings. The number of para-hydroxylation sites is 1. The molecule has 0 aliphatic heterocycles. The maximum atomic E-state index is 11.7. The fraction of sp³-hybridized carbons (Fsp3) is 0.375. The fourth-order valence-corrected chi connectivity index (χ4v) is 2.60. The molecule has 0 spiro atoms. The van der Waals surface area contributed by atoms with Gasteiger partial charge in [-0.15, -0.1) is 11.3 Å². The number of amides is 1. The Hall–Kier alpha value is -2.08. The largest absolute Gasteiger partial charge is 0.494 e. The average molecular weight is 319 g/mol. The van der Waals surface area contributed by atoms with E-state index in [4.69, 9.17) is 4.74 Å². The SMILES string of the molecule is CNc1nc(CCNC(=O)CCCOc2ccccc2)cs1. The predicted octanol–water partition coefficient (Wildman–Crippen LogP) is 2.70. The van der Waals surface area contributed by atoms with E-state index in [2.05, 4.69) is 15.6 Å². The number of nitrogens with zero attached hydrogens (tertiary/aromatic N) is 1. The van der Waals surface area contributed by atoms with Crippen molar-refractivity contribution in [3.63, 3.8) is 0 Å². The molecule has 0 atom stereocenters. The Bertz CT molecular complexity index is 572. The number of ether oxygens (including phenoxy) is 1. The number of anilines is 1. The summed E-state index contributed by atoms with van der Waals surface area (Å²) in [6.07, 6.45) is 1.94. The molecule has 22 heavy (non-hydrogen) atoms. The summed E-state index contributed by atoms with van der Waals surface area (Å²) in [5.74, 6) is 0.896. The molecule has 118 valence electrons. The summed E-state index contributed by atoms with van der Waals surface area (Å²) in [4.78, 5) is 16.1. The van der Waals surface area contributed by atoms with Crippen LogP contribution in [0.3, 0.4) is 0 Å². The highest BCUT2D eigenvalue weighted by Gasteiger charge is 2.03. The Balaban J connectivity index is 1.54. The van der Waals surface area contributed by atoms with E-state index in [1.54, 1.807) is 11.3 Å². The van der Waals surface area contributed by atoms with Crippen molar-refractivity contribution in [1.82, 2.24) is 10.3 Å². The molecule has 0 aliphatic carbocycles. The molecule has 1 heterocycles. The second kappa shape index (κ2) is 9.04. The number of nitrogens with one attached hydrogen (secondary N) is 2. The third-order valence-corrected chi connectivity index (χ3v) is 3.94. The van der Waals surface area contributed by atoms with Gasteiger partial charge < -0.3 is 15.4 Å². The zero-order valence-electron chi connectivity index (χ0n) is 12.7. The summed E-state index contributed by atoms with van der Waals surface area (Å²) in [5.41, 5.74) is 1.00. The van der Waals surface area contributed by atoms with Crippen molar-refractivity contribution < 1.29 is 9.53 Å². The van der Waals surface area contributed by atoms with Crippen LogP contribution in [0.5, 0.6) is 5.75 Å². The summed E-state index contributed by atoms with van der Waals surface area (Å²) in [5, 5.41) is 8.82. The van der Waals surface area contributed by atoms with E-state index < -0.39 is 0 Å². The van der Waals surface area contributed by atoms with Gasteiger partial charge in [0.25, 0.3) is 0 Å². The number of benzene rings is 1. The van der Waals surface area contributed by atoms with Crippen LogP contribution in [0, 0.1) is 0 Å². The second-order valence-electron chi connectivity index (χ2n) is 4.76. The highest BCUT2D eigenvalue weighted by molar-refractivity contribution is 7.13. The van der Waals surface area contributed by atoms with Crippen molar-refractivity contribution in [1.29, 1.82) is 0 Å². The van der Waals surface area contributed by atoms with Crippen LogP contribution >= 0.6 is 11.3 Å². The first kappa shape index (κ1) is 16.3. The molecule has 1 aromatic carbocycles. The quantitative estimate of drug-likeness (QED) is 0.698. The van der Waals surface area contributed by atoms with Gasteiger partial charge in [-0.3, -0.25) is 4.79 Å². The summed E-state index contributed by atoms with van der Waals surface area (Å²) in [7, 11) is 1.85. The second-order valence-corrected chi connectivity index (χ2v) is 5.62. The van der Waals surface area contributed by atoms with Crippen LogP contribution in [-0.2, 0) is 11.2 Å². The molecule has 1 amide bonds. The third-order valence-electron chi connectivity index (χ3n) is 3.03. The van der Waals surface area contributed by atoms with Gasteiger partial charge in [0.05, 0.1) is 12.3 Å². The predicted molar refractivity (Wildman–Crippen MR) is 89.5 cm³/mol. The lowest BCUT2D eigenvalue weighted by Gasteiger charge is -2.06. The van der Waals surface area contributed by atoms with Crippen molar-refractivity contribution >= 4 is 22.4 Å². The maximum Gasteiger partial charge on any atom is 0.220 e. The average Bonchev–Trinajstić information content (AvgIpc) is 3.01. The minimum Gasteiger partial charge on any atom is -0.494 e. The van der Waals surface area contributed by atoms with Crippen molar-refractivity contribution in [2.24, 2.45) is 0 Å².